The molecule has 0 aliphatic rings. The Bertz CT molecular complexity index is 390. The molecule has 0 aromatic carbocycles. The van der Waals surface area contributed by atoms with Crippen molar-refractivity contribution in [3.8, 4) is 0 Å². The van der Waals surface area contributed by atoms with E-state index in [0.717, 1.165) is 0 Å². The molecule has 0 saturated heterocycles. The topological polar surface area (TPSA) is 120 Å². The minimum absolute atomic E-state index is 0.0545. The van der Waals surface area contributed by atoms with Crippen LogP contribution in [0.3, 0.4) is 0 Å². The summed E-state index contributed by atoms with van der Waals surface area (Å²) in [6, 6.07) is 0. The van der Waals surface area contributed by atoms with E-state index in [1.165, 1.54) is 0 Å². The van der Waals surface area contributed by atoms with E-state index in [1.54, 1.807) is 6.92 Å². The van der Waals surface area contributed by atoms with Crippen molar-refractivity contribution in [2.75, 3.05) is 18.9 Å². The number of esters is 1. The molecular formula is C9H14N4O4. The fraction of sp³-hybridized carbons (Fsp3) is 0.556. The first kappa shape index (κ1) is 12.9. The molecule has 0 unspecified atom stereocenters. The number of nitrogens with two attached hydrogens (primary N) is 1. The Balaban J connectivity index is 2.21. The van der Waals surface area contributed by atoms with E-state index in [9.17, 15) is 9.59 Å². The number of nitrogens with one attached hydrogen (secondary N) is 1. The molecule has 17 heavy (non-hydrogen) atoms. The lowest BCUT2D eigenvalue weighted by Gasteiger charge is -2.03. The largest absolute Gasteiger partial charge is 0.466 e. The van der Waals surface area contributed by atoms with Crippen molar-refractivity contribution in [1.29, 1.82) is 0 Å². The molecule has 0 aliphatic carbocycles. The molecule has 1 aromatic heterocycles. The normalized spacial score (nSPS) is 9.94. The van der Waals surface area contributed by atoms with Crippen molar-refractivity contribution in [2.45, 2.75) is 19.8 Å². The van der Waals surface area contributed by atoms with Crippen LogP contribution in [0.2, 0.25) is 0 Å². The highest BCUT2D eigenvalue weighted by Crippen LogP contribution is 2.03. The van der Waals surface area contributed by atoms with Gasteiger partial charge in [-0.15, -0.1) is 0 Å². The Labute approximate surface area is 97.4 Å². The van der Waals surface area contributed by atoms with E-state index in [1.807, 2.05) is 0 Å². The molecule has 0 bridgehead atoms. The molecule has 0 aliphatic heterocycles. The predicted molar refractivity (Wildman–Crippen MR) is 56.9 cm³/mol. The average molecular weight is 242 g/mol. The highest BCUT2D eigenvalue weighted by atomic mass is 16.6. The van der Waals surface area contributed by atoms with Gasteiger partial charge in [0.1, 0.15) is 0 Å². The van der Waals surface area contributed by atoms with Gasteiger partial charge in [0.25, 0.3) is 5.91 Å². The molecule has 0 spiro atoms. The highest BCUT2D eigenvalue weighted by molar-refractivity contribution is 5.95. The van der Waals surface area contributed by atoms with Crippen molar-refractivity contribution in [3.05, 3.63) is 5.69 Å². The van der Waals surface area contributed by atoms with Gasteiger partial charge < -0.3 is 15.8 Å². The summed E-state index contributed by atoms with van der Waals surface area (Å²) >= 11 is 0. The van der Waals surface area contributed by atoms with E-state index in [-0.39, 0.29) is 23.9 Å². The summed E-state index contributed by atoms with van der Waals surface area (Å²) in [5.41, 5.74) is 5.28. The second kappa shape index (κ2) is 6.46. The van der Waals surface area contributed by atoms with Gasteiger partial charge in [0, 0.05) is 13.0 Å². The van der Waals surface area contributed by atoms with Gasteiger partial charge in [-0.1, -0.05) is 0 Å². The maximum atomic E-state index is 11.4. The molecule has 8 nitrogen and oxygen atoms in total. The summed E-state index contributed by atoms with van der Waals surface area (Å²) in [6.07, 6.45) is 0.733. The summed E-state index contributed by atoms with van der Waals surface area (Å²) in [5, 5.41) is 9.15. The number of aromatic nitrogens is 2. The standard InChI is InChI=1S/C9H14N4O4/c1-2-16-6(14)4-3-5-11-9(15)7-8(10)13-17-12-7/h2-5H2,1H3,(H2,10,13)(H,11,15). The van der Waals surface area contributed by atoms with Crippen LogP contribution in [-0.4, -0.2) is 35.3 Å². The molecule has 1 rings (SSSR count). The molecule has 0 fully saturated rings. The van der Waals surface area contributed by atoms with Crippen LogP contribution in [0.5, 0.6) is 0 Å². The molecule has 1 aromatic rings. The first-order valence-corrected chi connectivity index (χ1v) is 5.17. The quantitative estimate of drug-likeness (QED) is 0.520. The molecule has 94 valence electrons. The second-order valence-electron chi connectivity index (χ2n) is 3.16. The molecule has 0 radical (unpaired) electrons. The van der Waals surface area contributed by atoms with Crippen molar-refractivity contribution in [2.24, 2.45) is 0 Å². The number of hydrogen-bond donors (Lipinski definition) is 2. The smallest absolute Gasteiger partial charge is 0.305 e. The number of carbonyl (C=O) groups is 2. The van der Waals surface area contributed by atoms with Crippen LogP contribution in [0.1, 0.15) is 30.3 Å². The molecule has 1 amide bonds. The van der Waals surface area contributed by atoms with Crippen molar-refractivity contribution < 1.29 is 19.0 Å². The number of hydrogen-bond acceptors (Lipinski definition) is 7. The number of nitrogens with zero attached hydrogens (tertiary/aromatic N) is 2. The second-order valence-corrected chi connectivity index (χ2v) is 3.16. The fourth-order valence-electron chi connectivity index (χ4n) is 1.10. The fourth-order valence-corrected chi connectivity index (χ4v) is 1.10. The highest BCUT2D eigenvalue weighted by Gasteiger charge is 2.15. The summed E-state index contributed by atoms with van der Waals surface area (Å²) in [6.45, 7) is 2.41. The van der Waals surface area contributed by atoms with Gasteiger partial charge in [-0.3, -0.25) is 9.59 Å². The third-order valence-electron chi connectivity index (χ3n) is 1.88. The van der Waals surface area contributed by atoms with Crippen LogP contribution in [0.25, 0.3) is 0 Å². The minimum Gasteiger partial charge on any atom is -0.466 e. The molecule has 1 heterocycles. The van der Waals surface area contributed by atoms with Crippen molar-refractivity contribution in [3.63, 3.8) is 0 Å². The van der Waals surface area contributed by atoms with Gasteiger partial charge >= 0.3 is 5.97 Å². The minimum atomic E-state index is -0.479. The van der Waals surface area contributed by atoms with E-state index in [0.29, 0.717) is 19.6 Å². The Morgan fingerprint density at radius 3 is 2.82 bits per heavy atom. The molecule has 0 saturated carbocycles. The predicted octanol–water partition coefficient (Wildman–Crippen LogP) is -0.275. The maximum Gasteiger partial charge on any atom is 0.305 e. The number of anilines is 1. The Morgan fingerprint density at radius 2 is 2.24 bits per heavy atom. The third-order valence-corrected chi connectivity index (χ3v) is 1.88. The lowest BCUT2D eigenvalue weighted by molar-refractivity contribution is -0.143. The SMILES string of the molecule is CCOC(=O)CCCNC(=O)c1nonc1N. The van der Waals surface area contributed by atoms with Crippen LogP contribution < -0.4 is 11.1 Å². The monoisotopic (exact) mass is 242 g/mol. The zero-order chi connectivity index (χ0) is 12.7. The van der Waals surface area contributed by atoms with Crippen molar-refractivity contribution >= 4 is 17.7 Å². The van der Waals surface area contributed by atoms with Crippen LogP contribution in [0.4, 0.5) is 5.82 Å². The number of ether oxygens (including phenoxy) is 1. The number of amides is 1. The average Bonchev–Trinajstić information content (AvgIpc) is 2.71. The number of rotatable bonds is 6. The molecule has 3 N–H and O–H groups in total. The van der Waals surface area contributed by atoms with Gasteiger partial charge in [-0.05, 0) is 23.7 Å². The summed E-state index contributed by atoms with van der Waals surface area (Å²) < 4.78 is 9.01. The summed E-state index contributed by atoms with van der Waals surface area (Å²) in [4.78, 5) is 22.4. The molecular weight excluding hydrogens is 228 g/mol. The Kier molecular flexibility index (Phi) is 4.92. The number of carbonyl (C=O) groups excluding carboxylic acids is 2. The van der Waals surface area contributed by atoms with Crippen LogP contribution in [0.15, 0.2) is 4.63 Å². The Morgan fingerprint density at radius 1 is 1.47 bits per heavy atom. The van der Waals surface area contributed by atoms with Gasteiger partial charge in [0.05, 0.1) is 6.61 Å². The summed E-state index contributed by atoms with van der Waals surface area (Å²) in [5.74, 6) is -0.829. The van der Waals surface area contributed by atoms with E-state index >= 15 is 0 Å². The maximum absolute atomic E-state index is 11.4. The Hall–Kier alpha value is -2.12. The van der Waals surface area contributed by atoms with Crippen LogP contribution in [-0.2, 0) is 9.53 Å². The number of nitrogen functional groups attached to an aromatic ring is 1. The van der Waals surface area contributed by atoms with Crippen LogP contribution in [0, 0.1) is 0 Å². The molecule has 0 atom stereocenters. The van der Waals surface area contributed by atoms with Gasteiger partial charge in [-0.25, -0.2) is 4.63 Å². The van der Waals surface area contributed by atoms with E-state index in [2.05, 4.69) is 20.3 Å². The summed E-state index contributed by atoms with van der Waals surface area (Å²) in [7, 11) is 0. The van der Waals surface area contributed by atoms with Gasteiger partial charge in [0.2, 0.25) is 11.5 Å². The molecule has 8 heteroatoms. The van der Waals surface area contributed by atoms with E-state index in [4.69, 9.17) is 10.5 Å². The third kappa shape index (κ3) is 4.09. The zero-order valence-electron chi connectivity index (χ0n) is 9.43. The van der Waals surface area contributed by atoms with Crippen molar-refractivity contribution in [1.82, 2.24) is 15.6 Å². The lowest BCUT2D eigenvalue weighted by Crippen LogP contribution is -2.26. The van der Waals surface area contributed by atoms with E-state index < -0.39 is 5.91 Å². The van der Waals surface area contributed by atoms with Crippen LogP contribution >= 0.6 is 0 Å². The first-order chi connectivity index (χ1) is 8.15. The zero-order valence-corrected chi connectivity index (χ0v) is 9.43. The van der Waals surface area contributed by atoms with Gasteiger partial charge in [0.15, 0.2) is 0 Å². The first-order valence-electron chi connectivity index (χ1n) is 5.17. The lowest BCUT2D eigenvalue weighted by atomic mass is 10.3. The van der Waals surface area contributed by atoms with Gasteiger partial charge in [-0.2, -0.15) is 0 Å².